The van der Waals surface area contributed by atoms with Crippen LogP contribution in [0, 0.1) is 5.82 Å². The first kappa shape index (κ1) is 13.0. The van der Waals surface area contributed by atoms with E-state index in [1.54, 1.807) is 0 Å². The van der Waals surface area contributed by atoms with E-state index in [1.807, 2.05) is 0 Å². The molecule has 0 saturated heterocycles. The molecule has 1 amide bonds. The van der Waals surface area contributed by atoms with Gasteiger partial charge in [-0.05, 0) is 19.1 Å². The zero-order valence-corrected chi connectivity index (χ0v) is 9.36. The maximum atomic E-state index is 13.3. The van der Waals surface area contributed by atoms with E-state index in [2.05, 4.69) is 10.1 Å². The molecule has 0 bridgehead atoms. The third-order valence-corrected chi connectivity index (χ3v) is 2.10. The van der Waals surface area contributed by atoms with Crippen molar-refractivity contribution in [3.8, 4) is 5.75 Å². The number of hydrogen-bond donors (Lipinski definition) is 2. The van der Waals surface area contributed by atoms with Crippen molar-refractivity contribution in [3.05, 3.63) is 29.6 Å². The van der Waals surface area contributed by atoms with Gasteiger partial charge in [0.1, 0.15) is 17.6 Å². The van der Waals surface area contributed by atoms with Gasteiger partial charge >= 0.3 is 5.97 Å². The fourth-order valence-corrected chi connectivity index (χ4v) is 1.20. The smallest absolute Gasteiger partial charge is 0.328 e. The van der Waals surface area contributed by atoms with Crippen molar-refractivity contribution in [3.63, 3.8) is 0 Å². The molecule has 0 aliphatic carbocycles. The molecule has 6 heteroatoms. The first-order valence-electron chi connectivity index (χ1n) is 4.83. The largest absolute Gasteiger partial charge is 0.508 e. The molecular formula is C11H12FNO4. The Balaban J connectivity index is 2.80. The number of phenolic OH excluding ortho intramolecular Hbond substituents is 1. The molecule has 0 spiro atoms. The number of nitrogens with one attached hydrogen (secondary N) is 1. The molecule has 0 aliphatic rings. The Bertz CT molecular complexity index is 447. The van der Waals surface area contributed by atoms with Gasteiger partial charge in [-0.2, -0.15) is 0 Å². The number of halogens is 1. The monoisotopic (exact) mass is 241 g/mol. The molecular weight excluding hydrogens is 229 g/mol. The van der Waals surface area contributed by atoms with Crippen molar-refractivity contribution in [2.75, 3.05) is 7.11 Å². The summed E-state index contributed by atoms with van der Waals surface area (Å²) < 4.78 is 17.7. The predicted octanol–water partition coefficient (Wildman–Crippen LogP) is 0.823. The Hall–Kier alpha value is -2.11. The highest BCUT2D eigenvalue weighted by atomic mass is 19.1. The maximum Gasteiger partial charge on any atom is 0.328 e. The molecule has 2 N–H and O–H groups in total. The summed E-state index contributed by atoms with van der Waals surface area (Å²) in [7, 11) is 1.19. The molecule has 0 aliphatic heterocycles. The number of ether oxygens (including phenoxy) is 1. The van der Waals surface area contributed by atoms with Crippen LogP contribution in [0.4, 0.5) is 4.39 Å². The Morgan fingerprint density at radius 1 is 1.47 bits per heavy atom. The third kappa shape index (κ3) is 3.17. The van der Waals surface area contributed by atoms with Gasteiger partial charge in [-0.1, -0.05) is 0 Å². The average molecular weight is 241 g/mol. The number of carbonyl (C=O) groups excluding carboxylic acids is 2. The molecule has 0 saturated carbocycles. The van der Waals surface area contributed by atoms with E-state index in [4.69, 9.17) is 5.11 Å². The summed E-state index contributed by atoms with van der Waals surface area (Å²) in [6.07, 6.45) is 0. The molecule has 0 heterocycles. The Kier molecular flexibility index (Phi) is 4.03. The molecule has 0 aromatic heterocycles. The van der Waals surface area contributed by atoms with Crippen LogP contribution in [-0.4, -0.2) is 30.1 Å². The molecule has 5 nitrogen and oxygen atoms in total. The van der Waals surface area contributed by atoms with Gasteiger partial charge in [0.25, 0.3) is 5.91 Å². The van der Waals surface area contributed by atoms with Gasteiger partial charge < -0.3 is 15.2 Å². The molecule has 0 fully saturated rings. The number of benzene rings is 1. The molecule has 92 valence electrons. The first-order valence-corrected chi connectivity index (χ1v) is 4.83. The average Bonchev–Trinajstić information content (AvgIpc) is 2.27. The molecule has 1 aromatic carbocycles. The number of aromatic hydroxyl groups is 1. The van der Waals surface area contributed by atoms with E-state index in [0.717, 1.165) is 12.1 Å². The summed E-state index contributed by atoms with van der Waals surface area (Å²) in [6.45, 7) is 1.42. The minimum Gasteiger partial charge on any atom is -0.508 e. The Morgan fingerprint density at radius 2 is 2.12 bits per heavy atom. The third-order valence-electron chi connectivity index (χ3n) is 2.10. The van der Waals surface area contributed by atoms with Crippen LogP contribution in [0.3, 0.4) is 0 Å². The van der Waals surface area contributed by atoms with Crippen LogP contribution in [0.15, 0.2) is 18.2 Å². The second kappa shape index (κ2) is 5.29. The second-order valence-corrected chi connectivity index (χ2v) is 3.38. The Labute approximate surface area is 97.2 Å². The SMILES string of the molecule is COC(=O)C(C)NC(=O)c1ccc(O)cc1F. The van der Waals surface area contributed by atoms with Gasteiger partial charge in [-0.15, -0.1) is 0 Å². The van der Waals surface area contributed by atoms with Gasteiger partial charge in [-0.25, -0.2) is 9.18 Å². The van der Waals surface area contributed by atoms with E-state index in [-0.39, 0.29) is 11.3 Å². The maximum absolute atomic E-state index is 13.3. The predicted molar refractivity (Wildman–Crippen MR) is 57.0 cm³/mol. The highest BCUT2D eigenvalue weighted by molar-refractivity contribution is 5.97. The molecule has 1 atom stereocenters. The van der Waals surface area contributed by atoms with Crippen molar-refractivity contribution in [2.24, 2.45) is 0 Å². The zero-order chi connectivity index (χ0) is 13.0. The normalized spacial score (nSPS) is 11.7. The van der Waals surface area contributed by atoms with Crippen LogP contribution in [0.2, 0.25) is 0 Å². The lowest BCUT2D eigenvalue weighted by Gasteiger charge is -2.11. The van der Waals surface area contributed by atoms with E-state index in [9.17, 15) is 14.0 Å². The van der Waals surface area contributed by atoms with Crippen molar-refractivity contribution in [2.45, 2.75) is 13.0 Å². The minimum absolute atomic E-state index is 0.251. The number of carbonyl (C=O) groups is 2. The van der Waals surface area contributed by atoms with Crippen LogP contribution in [0.25, 0.3) is 0 Å². The van der Waals surface area contributed by atoms with E-state index < -0.39 is 23.7 Å². The lowest BCUT2D eigenvalue weighted by Crippen LogP contribution is -2.39. The van der Waals surface area contributed by atoms with Gasteiger partial charge in [0, 0.05) is 6.07 Å². The molecule has 0 radical (unpaired) electrons. The van der Waals surface area contributed by atoms with Gasteiger partial charge in [0.05, 0.1) is 12.7 Å². The zero-order valence-electron chi connectivity index (χ0n) is 9.36. The standard InChI is InChI=1S/C11H12FNO4/c1-6(11(16)17-2)13-10(15)8-4-3-7(14)5-9(8)12/h3-6,14H,1-2H3,(H,13,15). The molecule has 1 unspecified atom stereocenters. The van der Waals surface area contributed by atoms with Gasteiger partial charge in [0.15, 0.2) is 0 Å². The van der Waals surface area contributed by atoms with Crippen LogP contribution in [-0.2, 0) is 9.53 Å². The molecule has 1 aromatic rings. The van der Waals surface area contributed by atoms with Crippen LogP contribution >= 0.6 is 0 Å². The van der Waals surface area contributed by atoms with Crippen LogP contribution in [0.1, 0.15) is 17.3 Å². The number of phenols is 1. The lowest BCUT2D eigenvalue weighted by atomic mass is 10.2. The fourth-order valence-electron chi connectivity index (χ4n) is 1.20. The molecule has 1 rings (SSSR count). The van der Waals surface area contributed by atoms with Crippen molar-refractivity contribution in [1.82, 2.24) is 5.32 Å². The lowest BCUT2D eigenvalue weighted by molar-refractivity contribution is -0.142. The van der Waals surface area contributed by atoms with Crippen LogP contribution < -0.4 is 5.32 Å². The van der Waals surface area contributed by atoms with Crippen LogP contribution in [0.5, 0.6) is 5.75 Å². The van der Waals surface area contributed by atoms with Crippen molar-refractivity contribution < 1.29 is 23.8 Å². The molecule has 17 heavy (non-hydrogen) atoms. The number of hydrogen-bond acceptors (Lipinski definition) is 4. The summed E-state index contributed by atoms with van der Waals surface area (Å²) >= 11 is 0. The summed E-state index contributed by atoms with van der Waals surface area (Å²) in [6, 6.07) is 2.25. The number of amides is 1. The van der Waals surface area contributed by atoms with Gasteiger partial charge in [-0.3, -0.25) is 4.79 Å². The van der Waals surface area contributed by atoms with E-state index >= 15 is 0 Å². The summed E-state index contributed by atoms with van der Waals surface area (Å²) in [5, 5.41) is 11.3. The number of esters is 1. The highest BCUT2D eigenvalue weighted by Crippen LogP contribution is 2.14. The summed E-state index contributed by atoms with van der Waals surface area (Å²) in [4.78, 5) is 22.6. The highest BCUT2D eigenvalue weighted by Gasteiger charge is 2.19. The van der Waals surface area contributed by atoms with E-state index in [0.29, 0.717) is 0 Å². The first-order chi connectivity index (χ1) is 7.95. The summed E-state index contributed by atoms with van der Waals surface area (Å²) in [5.41, 5.74) is -0.251. The number of rotatable bonds is 3. The van der Waals surface area contributed by atoms with Gasteiger partial charge in [0.2, 0.25) is 0 Å². The fraction of sp³-hybridized carbons (Fsp3) is 0.273. The number of methoxy groups -OCH3 is 1. The minimum atomic E-state index is -0.874. The Morgan fingerprint density at radius 3 is 2.65 bits per heavy atom. The van der Waals surface area contributed by atoms with E-state index in [1.165, 1.54) is 20.1 Å². The van der Waals surface area contributed by atoms with Crippen molar-refractivity contribution >= 4 is 11.9 Å². The second-order valence-electron chi connectivity index (χ2n) is 3.38. The summed E-state index contributed by atoms with van der Waals surface area (Å²) in [5.74, 6) is -2.52. The van der Waals surface area contributed by atoms with Crippen molar-refractivity contribution in [1.29, 1.82) is 0 Å². The topological polar surface area (TPSA) is 75.6 Å². The quantitative estimate of drug-likeness (QED) is 0.768.